The molecule has 0 aliphatic carbocycles. The fraction of sp³-hybridized carbons (Fsp3) is 0.789. The lowest BCUT2D eigenvalue weighted by Crippen LogP contribution is -2.41. The maximum Gasteiger partial charge on any atom is 0.525 e. The molecule has 0 spiro atoms. The summed E-state index contributed by atoms with van der Waals surface area (Å²) in [5.74, 6) is 0.566. The van der Waals surface area contributed by atoms with E-state index in [1.54, 1.807) is 6.20 Å². The number of hydrogen-bond acceptors (Lipinski definition) is 5. The summed E-state index contributed by atoms with van der Waals surface area (Å²) < 4.78 is 27.9. The first-order valence-electron chi connectivity index (χ1n) is 10.1. The van der Waals surface area contributed by atoms with Crippen LogP contribution < -0.4 is 0 Å². The van der Waals surface area contributed by atoms with Crippen molar-refractivity contribution in [3.63, 3.8) is 0 Å². The number of piperidine rings is 1. The molecule has 27 heavy (non-hydrogen) atoms. The van der Waals surface area contributed by atoms with Crippen LogP contribution in [0.5, 0.6) is 0 Å². The van der Waals surface area contributed by atoms with Crippen LogP contribution in [0.3, 0.4) is 0 Å². The minimum atomic E-state index is -0.999. The molecule has 0 radical (unpaired) electrons. The summed E-state index contributed by atoms with van der Waals surface area (Å²) in [6.07, 6.45) is 6.76. The molecule has 2 saturated heterocycles. The minimum Gasteiger partial charge on any atom is -0.398 e. The molecular formula is C19H32BFN4O2. The van der Waals surface area contributed by atoms with Gasteiger partial charge in [0.15, 0.2) is 0 Å². The van der Waals surface area contributed by atoms with E-state index in [2.05, 4.69) is 22.1 Å². The van der Waals surface area contributed by atoms with Gasteiger partial charge in [-0.2, -0.15) is 0 Å². The van der Waals surface area contributed by atoms with Crippen molar-refractivity contribution >= 4 is 13.2 Å². The first-order valence-corrected chi connectivity index (χ1v) is 10.1. The Bertz CT molecular complexity index is 658. The third kappa shape index (κ3) is 4.79. The normalized spacial score (nSPS) is 25.9. The summed E-state index contributed by atoms with van der Waals surface area (Å²) in [6, 6.07) is 0. The van der Waals surface area contributed by atoms with E-state index in [1.165, 1.54) is 31.9 Å². The van der Waals surface area contributed by atoms with Crippen molar-refractivity contribution in [2.24, 2.45) is 5.92 Å². The van der Waals surface area contributed by atoms with Gasteiger partial charge in [-0.05, 0) is 72.0 Å². The monoisotopic (exact) mass is 378 g/mol. The zero-order valence-corrected chi connectivity index (χ0v) is 17.2. The van der Waals surface area contributed by atoms with Crippen molar-refractivity contribution < 1.29 is 13.7 Å². The highest BCUT2D eigenvalue weighted by Crippen LogP contribution is 2.39. The highest BCUT2D eigenvalue weighted by Gasteiger charge is 2.53. The first-order chi connectivity index (χ1) is 12.7. The zero-order chi connectivity index (χ0) is 19.7. The summed E-state index contributed by atoms with van der Waals surface area (Å²) in [5.41, 5.74) is -1.12. The number of hydrogen-bond donors (Lipinski definition) is 0. The Morgan fingerprint density at radius 2 is 2.04 bits per heavy atom. The van der Waals surface area contributed by atoms with Crippen molar-refractivity contribution in [1.29, 1.82) is 0 Å². The van der Waals surface area contributed by atoms with Crippen molar-refractivity contribution in [2.75, 3.05) is 19.6 Å². The topological polar surface area (TPSA) is 52.4 Å². The lowest BCUT2D eigenvalue weighted by Gasteiger charge is -2.32. The van der Waals surface area contributed by atoms with E-state index >= 15 is 0 Å². The number of rotatable bonds is 6. The summed E-state index contributed by atoms with van der Waals surface area (Å²) in [4.78, 5) is 2.52. The summed E-state index contributed by atoms with van der Waals surface area (Å²) >= 11 is 0. The molecule has 2 aliphatic heterocycles. The van der Waals surface area contributed by atoms with Crippen molar-refractivity contribution in [3.05, 3.63) is 17.6 Å². The Kier molecular flexibility index (Phi) is 6.08. The number of nitrogens with zero attached hydrogens (tertiary/aromatic N) is 4. The van der Waals surface area contributed by atoms with Gasteiger partial charge in [-0.3, -0.25) is 4.68 Å². The molecule has 3 rings (SSSR count). The van der Waals surface area contributed by atoms with Crippen LogP contribution in [0, 0.1) is 5.92 Å². The van der Waals surface area contributed by atoms with Crippen molar-refractivity contribution in [2.45, 2.75) is 71.6 Å². The van der Waals surface area contributed by atoms with Gasteiger partial charge >= 0.3 is 7.12 Å². The minimum absolute atomic E-state index is 0.479. The zero-order valence-electron chi connectivity index (χ0n) is 17.2. The van der Waals surface area contributed by atoms with Crippen LogP contribution in [0.25, 0.3) is 6.08 Å². The summed E-state index contributed by atoms with van der Waals surface area (Å²) in [7, 11) is -0.999. The van der Waals surface area contributed by atoms with Crippen LogP contribution in [0.1, 0.15) is 59.6 Å². The molecule has 0 bridgehead atoms. The molecule has 0 aromatic carbocycles. The van der Waals surface area contributed by atoms with Gasteiger partial charge in [0, 0.05) is 13.1 Å². The Balaban J connectivity index is 1.60. The fourth-order valence-electron chi connectivity index (χ4n) is 3.72. The lowest BCUT2D eigenvalue weighted by molar-refractivity contribution is 0.00578. The summed E-state index contributed by atoms with van der Waals surface area (Å²) in [6.45, 7) is 14.1. The van der Waals surface area contributed by atoms with E-state index in [-0.39, 0.29) is 0 Å². The average Bonchev–Trinajstić information content (AvgIpc) is 3.09. The third-order valence-corrected chi connectivity index (χ3v) is 5.91. The predicted octanol–water partition coefficient (Wildman–Crippen LogP) is 3.34. The maximum atomic E-state index is 14.6. The van der Waals surface area contributed by atoms with Crippen LogP contribution in [0.2, 0.25) is 0 Å². The molecule has 0 amide bonds. The molecule has 2 aliphatic rings. The molecule has 1 aromatic heterocycles. The number of likely N-dealkylation sites (tertiary alicyclic amines) is 1. The summed E-state index contributed by atoms with van der Waals surface area (Å²) in [5, 5.41) is 8.27. The van der Waals surface area contributed by atoms with E-state index < -0.39 is 24.0 Å². The standard InChI is InChI=1S/C19H32BFN4O2/c1-6-9-24-10-7-8-15(12-24)13-25-14-16(22-23-25)11-17(21)20-26-18(2,3)19(4,5)27-20/h11,14-15H,6-10,12-13H2,1-5H3. The van der Waals surface area contributed by atoms with Gasteiger partial charge < -0.3 is 14.2 Å². The van der Waals surface area contributed by atoms with Crippen LogP contribution >= 0.6 is 0 Å². The molecule has 1 unspecified atom stereocenters. The van der Waals surface area contributed by atoms with Gasteiger partial charge in [-0.25, -0.2) is 4.39 Å². The second-order valence-electron chi connectivity index (χ2n) is 8.79. The van der Waals surface area contributed by atoms with E-state index in [9.17, 15) is 4.39 Å². The van der Waals surface area contributed by atoms with Crippen LogP contribution in [0.15, 0.2) is 11.9 Å². The average molecular weight is 378 g/mol. The first kappa shape index (κ1) is 20.5. The Hall–Kier alpha value is -1.25. The molecule has 1 aromatic rings. The SMILES string of the molecule is CCCN1CCCC(Cn2cc(C=C(F)B3OC(C)(C)C(C)(C)O3)nn2)C1. The Labute approximate surface area is 162 Å². The third-order valence-electron chi connectivity index (χ3n) is 5.91. The lowest BCUT2D eigenvalue weighted by atomic mass is 9.87. The van der Waals surface area contributed by atoms with Crippen LogP contribution in [0.4, 0.5) is 4.39 Å². The molecule has 1 atom stereocenters. The van der Waals surface area contributed by atoms with Gasteiger partial charge in [-0.15, -0.1) is 5.10 Å². The molecule has 150 valence electrons. The quantitative estimate of drug-likeness (QED) is 0.711. The maximum absolute atomic E-state index is 14.6. The molecular weight excluding hydrogens is 346 g/mol. The van der Waals surface area contributed by atoms with Gasteiger partial charge in [0.25, 0.3) is 0 Å². The van der Waals surface area contributed by atoms with E-state index in [0.717, 1.165) is 19.6 Å². The van der Waals surface area contributed by atoms with E-state index in [0.29, 0.717) is 11.6 Å². The molecule has 6 nitrogen and oxygen atoms in total. The van der Waals surface area contributed by atoms with Crippen LogP contribution in [-0.2, 0) is 15.9 Å². The Morgan fingerprint density at radius 1 is 1.33 bits per heavy atom. The number of halogens is 1. The van der Waals surface area contributed by atoms with Gasteiger partial charge in [0.1, 0.15) is 11.4 Å². The smallest absolute Gasteiger partial charge is 0.398 e. The van der Waals surface area contributed by atoms with Gasteiger partial charge in [0.2, 0.25) is 0 Å². The van der Waals surface area contributed by atoms with E-state index in [1.807, 2.05) is 32.4 Å². The molecule has 0 N–H and O–H groups in total. The highest BCUT2D eigenvalue weighted by molar-refractivity contribution is 6.54. The van der Waals surface area contributed by atoms with Crippen molar-refractivity contribution in [3.8, 4) is 0 Å². The fourth-order valence-corrected chi connectivity index (χ4v) is 3.72. The van der Waals surface area contributed by atoms with Gasteiger partial charge in [0.05, 0.1) is 17.4 Å². The molecule has 0 saturated carbocycles. The Morgan fingerprint density at radius 3 is 2.70 bits per heavy atom. The second-order valence-corrected chi connectivity index (χ2v) is 8.79. The van der Waals surface area contributed by atoms with E-state index in [4.69, 9.17) is 9.31 Å². The largest absolute Gasteiger partial charge is 0.525 e. The molecule has 2 fully saturated rings. The second kappa shape index (κ2) is 8.01. The molecule has 8 heteroatoms. The molecule has 3 heterocycles. The number of aromatic nitrogens is 3. The highest BCUT2D eigenvalue weighted by atomic mass is 19.1. The van der Waals surface area contributed by atoms with Crippen molar-refractivity contribution in [1.82, 2.24) is 19.9 Å². The van der Waals surface area contributed by atoms with Gasteiger partial charge in [-0.1, -0.05) is 12.1 Å². The van der Waals surface area contributed by atoms with Crippen LogP contribution in [-0.4, -0.2) is 57.8 Å². The predicted molar refractivity (Wildman–Crippen MR) is 105 cm³/mol.